The molecule has 0 saturated heterocycles. The summed E-state index contributed by atoms with van der Waals surface area (Å²) in [7, 11) is 0. The molecular formula is C17H16N2O2. The first-order chi connectivity index (χ1) is 10.1. The number of nitrogens with zero attached hydrogens (tertiary/aromatic N) is 1. The minimum Gasteiger partial charge on any atom is -0.462 e. The number of amides is 1. The lowest BCUT2D eigenvalue weighted by atomic mass is 10.1. The number of nitriles is 1. The maximum Gasteiger partial charge on any atom is 0.262 e. The van der Waals surface area contributed by atoms with E-state index < -0.39 is 5.91 Å². The molecule has 0 unspecified atom stereocenters. The molecule has 1 N–H and O–H groups in total. The molecule has 0 aliphatic rings. The van der Waals surface area contributed by atoms with Gasteiger partial charge in [0.15, 0.2) is 0 Å². The molecule has 0 radical (unpaired) electrons. The number of carbonyl (C=O) groups excluding carboxylic acids is 1. The topological polar surface area (TPSA) is 66.0 Å². The molecule has 4 heteroatoms. The monoisotopic (exact) mass is 280 g/mol. The summed E-state index contributed by atoms with van der Waals surface area (Å²) >= 11 is 0. The first kappa shape index (κ1) is 14.6. The van der Waals surface area contributed by atoms with Crippen LogP contribution in [0.5, 0.6) is 0 Å². The van der Waals surface area contributed by atoms with Crippen LogP contribution in [-0.2, 0) is 11.3 Å². The third-order valence-corrected chi connectivity index (χ3v) is 2.99. The zero-order valence-electron chi connectivity index (χ0n) is 12.0. The Hall–Kier alpha value is -2.80. The van der Waals surface area contributed by atoms with E-state index >= 15 is 0 Å². The van der Waals surface area contributed by atoms with Crippen LogP contribution in [0.2, 0.25) is 0 Å². The molecule has 0 saturated carbocycles. The molecule has 0 spiro atoms. The zero-order valence-corrected chi connectivity index (χ0v) is 12.0. The normalized spacial score (nSPS) is 11.0. The highest BCUT2D eigenvalue weighted by Crippen LogP contribution is 2.11. The van der Waals surface area contributed by atoms with E-state index in [4.69, 9.17) is 9.68 Å². The first-order valence-electron chi connectivity index (χ1n) is 6.60. The Kier molecular flexibility index (Phi) is 4.57. The predicted molar refractivity (Wildman–Crippen MR) is 80.1 cm³/mol. The molecule has 0 aliphatic heterocycles. The number of rotatable bonds is 4. The van der Waals surface area contributed by atoms with Gasteiger partial charge in [0.25, 0.3) is 5.91 Å². The van der Waals surface area contributed by atoms with Crippen LogP contribution in [0, 0.1) is 25.2 Å². The van der Waals surface area contributed by atoms with Crippen molar-refractivity contribution in [2.45, 2.75) is 20.4 Å². The summed E-state index contributed by atoms with van der Waals surface area (Å²) in [6.07, 6.45) is 1.44. The van der Waals surface area contributed by atoms with Gasteiger partial charge in [-0.3, -0.25) is 4.79 Å². The van der Waals surface area contributed by atoms with E-state index in [9.17, 15) is 4.79 Å². The van der Waals surface area contributed by atoms with Gasteiger partial charge in [0, 0.05) is 12.6 Å². The summed E-state index contributed by atoms with van der Waals surface area (Å²) in [5.74, 6) is 0.820. The van der Waals surface area contributed by atoms with Gasteiger partial charge in [-0.05, 0) is 31.5 Å². The average molecular weight is 280 g/mol. The molecule has 0 atom stereocenters. The highest BCUT2D eigenvalue weighted by molar-refractivity contribution is 6.01. The van der Waals surface area contributed by atoms with Gasteiger partial charge in [-0.2, -0.15) is 5.26 Å². The molecule has 0 bridgehead atoms. The number of hydrogen-bond donors (Lipinski definition) is 1. The Bertz CT molecular complexity index is 703. The first-order valence-corrected chi connectivity index (χ1v) is 6.60. The smallest absolute Gasteiger partial charge is 0.262 e. The summed E-state index contributed by atoms with van der Waals surface area (Å²) in [6.45, 7) is 4.19. The fourth-order valence-corrected chi connectivity index (χ4v) is 1.81. The Morgan fingerprint density at radius 3 is 2.52 bits per heavy atom. The molecule has 0 fully saturated rings. The molecule has 2 rings (SSSR count). The van der Waals surface area contributed by atoms with Crippen molar-refractivity contribution in [3.63, 3.8) is 0 Å². The Labute approximate surface area is 123 Å². The van der Waals surface area contributed by atoms with E-state index in [0.717, 1.165) is 16.9 Å². The highest BCUT2D eigenvalue weighted by atomic mass is 16.3. The zero-order chi connectivity index (χ0) is 15.2. The van der Waals surface area contributed by atoms with Crippen molar-refractivity contribution in [1.82, 2.24) is 5.32 Å². The number of benzene rings is 1. The van der Waals surface area contributed by atoms with Crippen molar-refractivity contribution in [3.8, 4) is 6.07 Å². The number of aryl methyl sites for hydroxylation is 2. The van der Waals surface area contributed by atoms with E-state index in [2.05, 4.69) is 5.32 Å². The number of carbonyl (C=O) groups is 1. The van der Waals surface area contributed by atoms with Gasteiger partial charge in [-0.15, -0.1) is 0 Å². The van der Waals surface area contributed by atoms with E-state index in [1.165, 1.54) is 6.08 Å². The molecule has 106 valence electrons. The molecule has 21 heavy (non-hydrogen) atoms. The van der Waals surface area contributed by atoms with E-state index in [-0.39, 0.29) is 5.57 Å². The van der Waals surface area contributed by atoms with Crippen LogP contribution < -0.4 is 5.32 Å². The molecule has 1 heterocycles. The van der Waals surface area contributed by atoms with Gasteiger partial charge in [0.05, 0.1) is 0 Å². The fraction of sp³-hybridized carbons (Fsp3) is 0.176. The van der Waals surface area contributed by atoms with Crippen LogP contribution in [0.25, 0.3) is 6.08 Å². The highest BCUT2D eigenvalue weighted by Gasteiger charge is 2.09. The summed E-state index contributed by atoms with van der Waals surface area (Å²) in [4.78, 5) is 12.0. The number of nitrogens with one attached hydrogen (secondary N) is 1. The molecule has 1 amide bonds. The van der Waals surface area contributed by atoms with Gasteiger partial charge in [0.2, 0.25) is 0 Å². The van der Waals surface area contributed by atoms with Crippen molar-refractivity contribution < 1.29 is 9.21 Å². The van der Waals surface area contributed by atoms with Crippen LogP contribution in [0.4, 0.5) is 0 Å². The quantitative estimate of drug-likeness (QED) is 0.691. The summed E-state index contributed by atoms with van der Waals surface area (Å²) in [5.41, 5.74) is 2.17. The van der Waals surface area contributed by atoms with Crippen molar-refractivity contribution >= 4 is 12.0 Å². The molecule has 1 aromatic heterocycles. The van der Waals surface area contributed by atoms with Gasteiger partial charge in [-0.25, -0.2) is 0 Å². The Morgan fingerprint density at radius 1 is 1.24 bits per heavy atom. The third kappa shape index (κ3) is 4.08. The van der Waals surface area contributed by atoms with Crippen LogP contribution in [0.15, 0.2) is 46.4 Å². The number of furan rings is 1. The number of hydrogen-bond acceptors (Lipinski definition) is 3. The maximum atomic E-state index is 12.0. The van der Waals surface area contributed by atoms with Crippen LogP contribution in [0.1, 0.15) is 22.6 Å². The molecule has 1 aromatic carbocycles. The van der Waals surface area contributed by atoms with Crippen LogP contribution in [0.3, 0.4) is 0 Å². The molecule has 4 nitrogen and oxygen atoms in total. The second-order valence-electron chi connectivity index (χ2n) is 4.79. The van der Waals surface area contributed by atoms with Gasteiger partial charge >= 0.3 is 0 Å². The molecular weight excluding hydrogens is 264 g/mol. The predicted octanol–water partition coefficient (Wildman–Crippen LogP) is 3.12. The summed E-state index contributed by atoms with van der Waals surface area (Å²) < 4.78 is 5.33. The summed E-state index contributed by atoms with van der Waals surface area (Å²) in [5, 5.41) is 11.8. The Morgan fingerprint density at radius 2 is 1.95 bits per heavy atom. The molecule has 2 aromatic rings. The second-order valence-corrected chi connectivity index (χ2v) is 4.79. The average Bonchev–Trinajstić information content (AvgIpc) is 2.89. The lowest BCUT2D eigenvalue weighted by Gasteiger charge is -2.04. The maximum absolute atomic E-state index is 12.0. The van der Waals surface area contributed by atoms with Crippen molar-refractivity contribution in [2.75, 3.05) is 0 Å². The van der Waals surface area contributed by atoms with E-state index in [1.54, 1.807) is 19.1 Å². The third-order valence-electron chi connectivity index (χ3n) is 2.99. The van der Waals surface area contributed by atoms with Gasteiger partial charge in [0.1, 0.15) is 23.2 Å². The van der Waals surface area contributed by atoms with Gasteiger partial charge in [-0.1, -0.05) is 29.8 Å². The van der Waals surface area contributed by atoms with Crippen molar-refractivity contribution in [2.24, 2.45) is 0 Å². The van der Waals surface area contributed by atoms with E-state index in [1.807, 2.05) is 37.3 Å². The fourth-order valence-electron chi connectivity index (χ4n) is 1.81. The minimum absolute atomic E-state index is 0.0245. The van der Waals surface area contributed by atoms with Crippen molar-refractivity contribution in [3.05, 3.63) is 64.6 Å². The van der Waals surface area contributed by atoms with Crippen LogP contribution >= 0.6 is 0 Å². The second kappa shape index (κ2) is 6.58. The standard InChI is InChI=1S/C17H16N2O2/c1-12-3-6-14(7-4-12)11-19-17(20)15(10-18)9-16-8-5-13(2)21-16/h3-9H,11H2,1-2H3,(H,19,20)/b15-9+. The summed E-state index contributed by atoms with van der Waals surface area (Å²) in [6, 6.07) is 13.3. The van der Waals surface area contributed by atoms with Crippen molar-refractivity contribution in [1.29, 1.82) is 5.26 Å². The lowest BCUT2D eigenvalue weighted by Crippen LogP contribution is -2.23. The molecule has 0 aliphatic carbocycles. The lowest BCUT2D eigenvalue weighted by molar-refractivity contribution is -0.117. The van der Waals surface area contributed by atoms with Gasteiger partial charge < -0.3 is 9.73 Å². The van der Waals surface area contributed by atoms with Crippen LogP contribution in [-0.4, -0.2) is 5.91 Å². The van der Waals surface area contributed by atoms with E-state index in [0.29, 0.717) is 12.3 Å². The minimum atomic E-state index is -0.410. The largest absolute Gasteiger partial charge is 0.462 e. The Balaban J connectivity index is 2.02. The SMILES string of the molecule is Cc1ccc(CNC(=O)/C(C#N)=C/c2ccc(C)o2)cc1.